The van der Waals surface area contributed by atoms with Crippen molar-refractivity contribution in [2.24, 2.45) is 0 Å². The van der Waals surface area contributed by atoms with Crippen LogP contribution in [0, 0.1) is 0 Å². The van der Waals surface area contributed by atoms with Gasteiger partial charge in [-0.15, -0.1) is 17.9 Å². The summed E-state index contributed by atoms with van der Waals surface area (Å²) in [4.78, 5) is 23.1. The Hall–Kier alpha value is -1.71. The average molecular weight is 357 g/mol. The second-order valence-electron chi connectivity index (χ2n) is 5.05. The molecular formula is C14H19N3O4S2. The highest BCUT2D eigenvalue weighted by molar-refractivity contribution is 7.91. The molecule has 1 fully saturated rings. The van der Waals surface area contributed by atoms with Crippen molar-refractivity contribution in [3.05, 3.63) is 30.2 Å². The van der Waals surface area contributed by atoms with Gasteiger partial charge in [-0.2, -0.15) is 4.31 Å². The maximum atomic E-state index is 12.6. The van der Waals surface area contributed by atoms with E-state index in [2.05, 4.69) is 17.2 Å². The van der Waals surface area contributed by atoms with E-state index >= 15 is 0 Å². The fourth-order valence-electron chi connectivity index (χ4n) is 2.39. The molecular weight excluding hydrogens is 338 g/mol. The Bertz CT molecular complexity index is 670. The molecule has 2 rings (SSSR count). The Morgan fingerprint density at radius 2 is 2.13 bits per heavy atom. The van der Waals surface area contributed by atoms with Crippen LogP contribution in [0.15, 0.2) is 34.4 Å². The molecule has 1 aromatic rings. The van der Waals surface area contributed by atoms with Crippen molar-refractivity contribution in [1.29, 1.82) is 0 Å². The number of sulfonamides is 1. The highest BCUT2D eigenvalue weighted by atomic mass is 32.2. The minimum atomic E-state index is -3.54. The molecule has 1 aromatic heterocycles. The number of nitrogens with one attached hydrogen (secondary N) is 2. The summed E-state index contributed by atoms with van der Waals surface area (Å²) in [6.07, 6.45) is 2.85. The van der Waals surface area contributed by atoms with Crippen LogP contribution >= 0.6 is 11.3 Å². The largest absolute Gasteiger partial charge is 0.346 e. The van der Waals surface area contributed by atoms with Gasteiger partial charge in [0.25, 0.3) is 10.0 Å². The van der Waals surface area contributed by atoms with Gasteiger partial charge in [0.1, 0.15) is 4.21 Å². The number of carbonyl (C=O) groups excluding carboxylic acids is 2. The first-order chi connectivity index (χ1) is 11.0. The van der Waals surface area contributed by atoms with E-state index in [0.717, 1.165) is 6.42 Å². The van der Waals surface area contributed by atoms with Gasteiger partial charge in [0, 0.05) is 25.7 Å². The number of thiophene rings is 1. The lowest BCUT2D eigenvalue weighted by Gasteiger charge is -2.23. The predicted molar refractivity (Wildman–Crippen MR) is 87.4 cm³/mol. The number of rotatable bonds is 6. The minimum absolute atomic E-state index is 0.116. The Kier molecular flexibility index (Phi) is 5.91. The Labute approximate surface area is 139 Å². The monoisotopic (exact) mass is 357 g/mol. The van der Waals surface area contributed by atoms with Crippen molar-refractivity contribution in [1.82, 2.24) is 14.9 Å². The van der Waals surface area contributed by atoms with Crippen LogP contribution in [-0.4, -0.2) is 50.2 Å². The van der Waals surface area contributed by atoms with Gasteiger partial charge in [-0.05, 0) is 24.3 Å². The number of carbonyl (C=O) groups is 2. The summed E-state index contributed by atoms with van der Waals surface area (Å²) in [5, 5.41) is 6.58. The highest BCUT2D eigenvalue weighted by Gasteiger charge is 2.36. The van der Waals surface area contributed by atoms with E-state index in [0.29, 0.717) is 17.2 Å². The molecule has 0 aromatic carbocycles. The lowest BCUT2D eigenvalue weighted by atomic mass is 10.2. The molecule has 1 atom stereocenters. The van der Waals surface area contributed by atoms with Gasteiger partial charge in [0.2, 0.25) is 0 Å². The first-order valence-electron chi connectivity index (χ1n) is 7.19. The van der Waals surface area contributed by atoms with Crippen molar-refractivity contribution >= 4 is 33.2 Å². The lowest BCUT2D eigenvalue weighted by Crippen LogP contribution is -2.46. The summed E-state index contributed by atoms with van der Waals surface area (Å²) in [6.45, 7) is 4.18. The fraction of sp³-hybridized carbons (Fsp3) is 0.429. The topological polar surface area (TPSA) is 95.6 Å². The molecule has 2 N–H and O–H groups in total. The zero-order valence-corrected chi connectivity index (χ0v) is 14.2. The maximum Gasteiger partial charge on any atom is 0.309 e. The van der Waals surface area contributed by atoms with Gasteiger partial charge in [-0.1, -0.05) is 12.1 Å². The third-order valence-corrected chi connectivity index (χ3v) is 6.82. The SMILES string of the molecule is C=CCNC(=O)C(=O)NC[C@H]1CCCN1S(=O)(=O)c1cccs1. The quantitative estimate of drug-likeness (QED) is 0.566. The van der Waals surface area contributed by atoms with E-state index in [4.69, 9.17) is 0 Å². The minimum Gasteiger partial charge on any atom is -0.346 e. The summed E-state index contributed by atoms with van der Waals surface area (Å²) in [5.41, 5.74) is 0. The van der Waals surface area contributed by atoms with E-state index in [-0.39, 0.29) is 19.1 Å². The molecule has 1 saturated heterocycles. The molecule has 0 radical (unpaired) electrons. The molecule has 23 heavy (non-hydrogen) atoms. The number of hydrogen-bond donors (Lipinski definition) is 2. The Morgan fingerprint density at radius 3 is 2.78 bits per heavy atom. The maximum absolute atomic E-state index is 12.6. The zero-order valence-electron chi connectivity index (χ0n) is 12.5. The van der Waals surface area contributed by atoms with E-state index < -0.39 is 21.8 Å². The van der Waals surface area contributed by atoms with Gasteiger partial charge < -0.3 is 10.6 Å². The van der Waals surface area contributed by atoms with Gasteiger partial charge in [-0.3, -0.25) is 9.59 Å². The highest BCUT2D eigenvalue weighted by Crippen LogP contribution is 2.28. The zero-order chi connectivity index (χ0) is 16.9. The molecule has 9 heteroatoms. The molecule has 7 nitrogen and oxygen atoms in total. The molecule has 0 bridgehead atoms. The molecule has 0 unspecified atom stereocenters. The number of amides is 2. The van der Waals surface area contributed by atoms with Gasteiger partial charge in [-0.25, -0.2) is 8.42 Å². The normalized spacial score (nSPS) is 18.5. The molecule has 2 heterocycles. The van der Waals surface area contributed by atoms with E-state index in [1.807, 2.05) is 0 Å². The van der Waals surface area contributed by atoms with Crippen LogP contribution in [0.5, 0.6) is 0 Å². The van der Waals surface area contributed by atoms with Crippen LogP contribution in [0.4, 0.5) is 0 Å². The Morgan fingerprint density at radius 1 is 1.39 bits per heavy atom. The summed E-state index contributed by atoms with van der Waals surface area (Å²) < 4.78 is 26.8. The molecule has 1 aliphatic rings. The van der Waals surface area contributed by atoms with Crippen LogP contribution in [0.25, 0.3) is 0 Å². The molecule has 0 aliphatic carbocycles. The van der Waals surface area contributed by atoms with Gasteiger partial charge in [0.15, 0.2) is 0 Å². The van der Waals surface area contributed by atoms with Crippen LogP contribution in [-0.2, 0) is 19.6 Å². The van der Waals surface area contributed by atoms with Gasteiger partial charge in [0.05, 0.1) is 0 Å². The summed E-state index contributed by atoms with van der Waals surface area (Å²) in [5.74, 6) is -1.53. The predicted octanol–water partition coefficient (Wildman–Crippen LogP) is 0.320. The van der Waals surface area contributed by atoms with Crippen molar-refractivity contribution in [3.63, 3.8) is 0 Å². The van der Waals surface area contributed by atoms with Crippen molar-refractivity contribution in [2.45, 2.75) is 23.1 Å². The van der Waals surface area contributed by atoms with Crippen LogP contribution in [0.2, 0.25) is 0 Å². The average Bonchev–Trinajstić information content (AvgIpc) is 3.21. The third kappa shape index (κ3) is 4.18. The summed E-state index contributed by atoms with van der Waals surface area (Å²) >= 11 is 1.17. The van der Waals surface area contributed by atoms with Crippen LogP contribution in [0.1, 0.15) is 12.8 Å². The number of hydrogen-bond acceptors (Lipinski definition) is 5. The molecule has 0 spiro atoms. The molecule has 126 valence electrons. The standard InChI is InChI=1S/C14H19N3O4S2/c1-2-7-15-13(18)14(19)16-10-11-5-3-8-17(11)23(20,21)12-6-4-9-22-12/h2,4,6,9,11H,1,3,5,7-8,10H2,(H,15,18)(H,16,19)/t11-/m1/s1. The smallest absolute Gasteiger partial charge is 0.309 e. The third-order valence-electron chi connectivity index (χ3n) is 3.49. The first kappa shape index (κ1) is 17.6. The Balaban J connectivity index is 1.96. The van der Waals surface area contributed by atoms with Crippen LogP contribution < -0.4 is 10.6 Å². The van der Waals surface area contributed by atoms with Crippen molar-refractivity contribution in [2.75, 3.05) is 19.6 Å². The second-order valence-corrected chi connectivity index (χ2v) is 8.12. The molecule has 0 saturated carbocycles. The van der Waals surface area contributed by atoms with E-state index in [9.17, 15) is 18.0 Å². The number of nitrogens with zero attached hydrogens (tertiary/aromatic N) is 1. The first-order valence-corrected chi connectivity index (χ1v) is 9.51. The fourth-order valence-corrected chi connectivity index (χ4v) is 5.20. The molecule has 2 amide bonds. The summed E-state index contributed by atoms with van der Waals surface area (Å²) in [7, 11) is -3.54. The molecule has 1 aliphatic heterocycles. The van der Waals surface area contributed by atoms with E-state index in [1.165, 1.54) is 21.7 Å². The van der Waals surface area contributed by atoms with Crippen molar-refractivity contribution < 1.29 is 18.0 Å². The lowest BCUT2D eigenvalue weighted by molar-refractivity contribution is -0.139. The van der Waals surface area contributed by atoms with Crippen LogP contribution in [0.3, 0.4) is 0 Å². The van der Waals surface area contributed by atoms with E-state index in [1.54, 1.807) is 17.5 Å². The second kappa shape index (κ2) is 7.71. The van der Waals surface area contributed by atoms with Gasteiger partial charge >= 0.3 is 11.8 Å². The summed E-state index contributed by atoms with van der Waals surface area (Å²) in [6, 6.07) is 2.92. The van der Waals surface area contributed by atoms with Crippen molar-refractivity contribution in [3.8, 4) is 0 Å².